The molecule has 0 spiro atoms. The van der Waals surface area contributed by atoms with Gasteiger partial charge in [0.1, 0.15) is 6.61 Å². The maximum absolute atomic E-state index is 11.3. The fourth-order valence-corrected chi connectivity index (χ4v) is 0.796. The molecular weight excluding hydrogens is 168 g/mol. The quantitative estimate of drug-likeness (QED) is 0.649. The number of Topliss-reactive ketones (excluding diaryl/α,β-unsaturated/α-hetero) is 1. The van der Waals surface area contributed by atoms with Crippen LogP contribution in [-0.2, 0) is 4.74 Å². The van der Waals surface area contributed by atoms with Crippen molar-refractivity contribution in [3.63, 3.8) is 0 Å². The Hall–Kier alpha value is -1.29. The summed E-state index contributed by atoms with van der Waals surface area (Å²) in [5.41, 5.74) is 0.938. The smallest absolute Gasteiger partial charge is 0.225 e. The number of carbonyl (C=O) groups is 1. The van der Waals surface area contributed by atoms with Gasteiger partial charge in [-0.1, -0.05) is 0 Å². The zero-order valence-corrected chi connectivity index (χ0v) is 7.78. The number of hydrogen-bond donors (Lipinski definition) is 0. The Morgan fingerprint density at radius 2 is 2.08 bits per heavy atom. The number of hydrogen-bond acceptors (Lipinski definition) is 4. The average Bonchev–Trinajstić information content (AvgIpc) is 2.15. The maximum Gasteiger partial charge on any atom is 0.225 e. The van der Waals surface area contributed by atoms with Gasteiger partial charge in [-0.15, -0.1) is 0 Å². The molecule has 1 heterocycles. The van der Waals surface area contributed by atoms with Gasteiger partial charge in [-0.25, -0.2) is 9.97 Å². The summed E-state index contributed by atoms with van der Waals surface area (Å²) in [5, 5.41) is 0. The minimum Gasteiger partial charge on any atom is -0.373 e. The van der Waals surface area contributed by atoms with E-state index < -0.39 is 0 Å². The highest BCUT2D eigenvalue weighted by Gasteiger charge is 2.07. The van der Waals surface area contributed by atoms with E-state index in [4.69, 9.17) is 4.74 Å². The van der Waals surface area contributed by atoms with Crippen LogP contribution >= 0.6 is 0 Å². The van der Waals surface area contributed by atoms with Gasteiger partial charge in [-0.3, -0.25) is 4.79 Å². The van der Waals surface area contributed by atoms with Crippen LogP contribution in [0.25, 0.3) is 0 Å². The standard InChI is InChI=1S/C9H12N2O2/c1-3-13-6-8(12)9-10-4-7(2)5-11-9/h4-5H,3,6H2,1-2H3. The molecule has 0 amide bonds. The van der Waals surface area contributed by atoms with Crippen molar-refractivity contribution in [1.29, 1.82) is 0 Å². The highest BCUT2D eigenvalue weighted by molar-refractivity contribution is 5.93. The van der Waals surface area contributed by atoms with E-state index in [1.54, 1.807) is 12.4 Å². The van der Waals surface area contributed by atoms with Crippen molar-refractivity contribution in [3.8, 4) is 0 Å². The van der Waals surface area contributed by atoms with Crippen LogP contribution in [0.5, 0.6) is 0 Å². The second-order valence-electron chi connectivity index (χ2n) is 2.64. The van der Waals surface area contributed by atoms with E-state index in [-0.39, 0.29) is 18.2 Å². The van der Waals surface area contributed by atoms with Crippen LogP contribution in [0.1, 0.15) is 23.1 Å². The third kappa shape index (κ3) is 2.91. The fraction of sp³-hybridized carbons (Fsp3) is 0.444. The summed E-state index contributed by atoms with van der Waals surface area (Å²) in [6.45, 7) is 4.29. The van der Waals surface area contributed by atoms with Crippen molar-refractivity contribution in [3.05, 3.63) is 23.8 Å². The van der Waals surface area contributed by atoms with E-state index in [9.17, 15) is 4.79 Å². The van der Waals surface area contributed by atoms with Crippen LogP contribution in [0, 0.1) is 6.92 Å². The van der Waals surface area contributed by atoms with Crippen LogP contribution in [0.15, 0.2) is 12.4 Å². The third-order valence-corrected chi connectivity index (χ3v) is 1.47. The minimum absolute atomic E-state index is 0.0551. The van der Waals surface area contributed by atoms with Gasteiger partial charge in [0.05, 0.1) is 0 Å². The molecule has 0 aliphatic rings. The van der Waals surface area contributed by atoms with Crippen molar-refractivity contribution in [2.75, 3.05) is 13.2 Å². The van der Waals surface area contributed by atoms with Gasteiger partial charge < -0.3 is 4.74 Å². The first-order valence-electron chi connectivity index (χ1n) is 4.13. The summed E-state index contributed by atoms with van der Waals surface area (Å²) in [4.78, 5) is 19.0. The minimum atomic E-state index is -0.179. The van der Waals surface area contributed by atoms with Crippen LogP contribution in [0.2, 0.25) is 0 Å². The van der Waals surface area contributed by atoms with Gasteiger partial charge >= 0.3 is 0 Å². The molecular formula is C9H12N2O2. The highest BCUT2D eigenvalue weighted by atomic mass is 16.5. The van der Waals surface area contributed by atoms with Gasteiger partial charge in [0, 0.05) is 19.0 Å². The first-order valence-corrected chi connectivity index (χ1v) is 4.13. The van der Waals surface area contributed by atoms with E-state index in [0.29, 0.717) is 6.61 Å². The normalized spacial score (nSPS) is 10.0. The molecule has 0 atom stereocenters. The zero-order chi connectivity index (χ0) is 9.68. The fourth-order valence-electron chi connectivity index (χ4n) is 0.796. The summed E-state index contributed by atoms with van der Waals surface area (Å²) >= 11 is 0. The molecule has 0 fully saturated rings. The van der Waals surface area contributed by atoms with Crippen molar-refractivity contribution in [2.24, 2.45) is 0 Å². The van der Waals surface area contributed by atoms with E-state index in [1.807, 2.05) is 13.8 Å². The SMILES string of the molecule is CCOCC(=O)c1ncc(C)cn1. The number of aryl methyl sites for hydroxylation is 1. The Kier molecular flexibility index (Phi) is 3.52. The molecule has 0 aliphatic heterocycles. The van der Waals surface area contributed by atoms with Gasteiger partial charge in [0.15, 0.2) is 5.82 Å². The van der Waals surface area contributed by atoms with Crippen LogP contribution in [-0.4, -0.2) is 29.0 Å². The number of aromatic nitrogens is 2. The predicted octanol–water partition coefficient (Wildman–Crippen LogP) is 1.00. The first-order chi connectivity index (χ1) is 6.24. The zero-order valence-electron chi connectivity index (χ0n) is 7.78. The van der Waals surface area contributed by atoms with Crippen molar-refractivity contribution < 1.29 is 9.53 Å². The molecule has 1 aromatic rings. The number of nitrogens with zero attached hydrogens (tertiary/aromatic N) is 2. The molecule has 0 aromatic carbocycles. The number of carbonyl (C=O) groups excluding carboxylic acids is 1. The maximum atomic E-state index is 11.3. The molecule has 0 N–H and O–H groups in total. The Morgan fingerprint density at radius 3 is 2.62 bits per heavy atom. The predicted molar refractivity (Wildman–Crippen MR) is 47.6 cm³/mol. The summed E-state index contributed by atoms with van der Waals surface area (Å²) in [6.07, 6.45) is 3.23. The third-order valence-electron chi connectivity index (χ3n) is 1.47. The van der Waals surface area contributed by atoms with E-state index >= 15 is 0 Å². The number of rotatable bonds is 4. The van der Waals surface area contributed by atoms with Crippen molar-refractivity contribution in [2.45, 2.75) is 13.8 Å². The lowest BCUT2D eigenvalue weighted by molar-refractivity contribution is 0.0773. The largest absolute Gasteiger partial charge is 0.373 e. The average molecular weight is 180 g/mol. The second-order valence-corrected chi connectivity index (χ2v) is 2.64. The Morgan fingerprint density at radius 1 is 1.46 bits per heavy atom. The molecule has 0 unspecified atom stereocenters. The second kappa shape index (κ2) is 4.67. The molecule has 0 bridgehead atoms. The van der Waals surface area contributed by atoms with Crippen molar-refractivity contribution >= 4 is 5.78 Å². The van der Waals surface area contributed by atoms with Crippen LogP contribution in [0.3, 0.4) is 0 Å². The van der Waals surface area contributed by atoms with Crippen LogP contribution in [0.4, 0.5) is 0 Å². The lowest BCUT2D eigenvalue weighted by Crippen LogP contribution is -2.12. The molecule has 0 saturated heterocycles. The van der Waals surface area contributed by atoms with Gasteiger partial charge in [-0.2, -0.15) is 0 Å². The summed E-state index contributed by atoms with van der Waals surface area (Å²) < 4.78 is 4.95. The number of ether oxygens (including phenoxy) is 1. The van der Waals surface area contributed by atoms with E-state index in [1.165, 1.54) is 0 Å². The molecule has 0 saturated carbocycles. The van der Waals surface area contributed by atoms with Gasteiger partial charge in [0.25, 0.3) is 0 Å². The lowest BCUT2D eigenvalue weighted by Gasteiger charge is -1.99. The summed E-state index contributed by atoms with van der Waals surface area (Å²) in [7, 11) is 0. The van der Waals surface area contributed by atoms with Gasteiger partial charge in [-0.05, 0) is 19.4 Å². The Labute approximate surface area is 77.0 Å². The molecule has 70 valence electrons. The first kappa shape index (κ1) is 9.80. The Balaban J connectivity index is 2.61. The monoisotopic (exact) mass is 180 g/mol. The lowest BCUT2D eigenvalue weighted by atomic mass is 10.3. The molecule has 13 heavy (non-hydrogen) atoms. The molecule has 1 aromatic heterocycles. The van der Waals surface area contributed by atoms with E-state index in [2.05, 4.69) is 9.97 Å². The molecule has 4 nitrogen and oxygen atoms in total. The molecule has 0 aliphatic carbocycles. The molecule has 1 rings (SSSR count). The molecule has 0 radical (unpaired) electrons. The molecule has 4 heteroatoms. The van der Waals surface area contributed by atoms with Crippen molar-refractivity contribution in [1.82, 2.24) is 9.97 Å². The summed E-state index contributed by atoms with van der Waals surface area (Å²) in [5.74, 6) is 0.0425. The summed E-state index contributed by atoms with van der Waals surface area (Å²) in [6, 6.07) is 0. The highest BCUT2D eigenvalue weighted by Crippen LogP contribution is 1.95. The number of ketones is 1. The van der Waals surface area contributed by atoms with E-state index in [0.717, 1.165) is 5.56 Å². The Bertz CT molecular complexity index is 282. The van der Waals surface area contributed by atoms with Crippen LogP contribution < -0.4 is 0 Å². The topological polar surface area (TPSA) is 52.1 Å². The van der Waals surface area contributed by atoms with Gasteiger partial charge in [0.2, 0.25) is 5.78 Å².